The molecule has 5 nitrogen and oxygen atoms in total. The van der Waals surface area contributed by atoms with E-state index in [1.807, 2.05) is 18.2 Å². The van der Waals surface area contributed by atoms with E-state index in [2.05, 4.69) is 16.7 Å². The molecule has 2 N–H and O–H groups in total. The van der Waals surface area contributed by atoms with E-state index in [1.165, 1.54) is 5.56 Å². The fourth-order valence-corrected chi connectivity index (χ4v) is 2.97. The standard InChI is InChI=1S/C16H22N2O3/c1-20-16(8-9-21-11-16)10-17-15(19)14-7-6-12-4-2-3-5-13(12)18-14/h2-5,14,18H,6-11H2,1H3,(H,17,19). The molecule has 0 spiro atoms. The summed E-state index contributed by atoms with van der Waals surface area (Å²) in [5.74, 6) is 0.0350. The average Bonchev–Trinajstić information content (AvgIpc) is 3.01. The maximum Gasteiger partial charge on any atom is 0.242 e. The zero-order valence-corrected chi connectivity index (χ0v) is 12.4. The highest BCUT2D eigenvalue weighted by Gasteiger charge is 2.36. The van der Waals surface area contributed by atoms with E-state index in [9.17, 15) is 4.79 Å². The number of hydrogen-bond acceptors (Lipinski definition) is 4. The van der Waals surface area contributed by atoms with Gasteiger partial charge < -0.3 is 20.1 Å². The van der Waals surface area contributed by atoms with Crippen molar-refractivity contribution in [3.05, 3.63) is 29.8 Å². The minimum Gasteiger partial charge on any atom is -0.378 e. The van der Waals surface area contributed by atoms with Crippen molar-refractivity contribution in [2.45, 2.75) is 30.9 Å². The summed E-state index contributed by atoms with van der Waals surface area (Å²) >= 11 is 0. The van der Waals surface area contributed by atoms with Crippen LogP contribution in [0.3, 0.4) is 0 Å². The summed E-state index contributed by atoms with van der Waals surface area (Å²) in [4.78, 5) is 12.4. The van der Waals surface area contributed by atoms with Crippen molar-refractivity contribution in [2.24, 2.45) is 0 Å². The molecule has 1 amide bonds. The van der Waals surface area contributed by atoms with Crippen LogP contribution in [-0.4, -0.2) is 44.4 Å². The number of nitrogens with one attached hydrogen (secondary N) is 2. The molecule has 0 saturated carbocycles. The zero-order chi connectivity index (χ0) is 14.7. The maximum absolute atomic E-state index is 12.4. The summed E-state index contributed by atoms with van der Waals surface area (Å²) in [6, 6.07) is 7.98. The summed E-state index contributed by atoms with van der Waals surface area (Å²) in [7, 11) is 1.68. The van der Waals surface area contributed by atoms with Crippen LogP contribution in [0.15, 0.2) is 24.3 Å². The van der Waals surface area contributed by atoms with Crippen LogP contribution in [0.5, 0.6) is 0 Å². The van der Waals surface area contributed by atoms with Crippen molar-refractivity contribution in [1.29, 1.82) is 0 Å². The smallest absolute Gasteiger partial charge is 0.242 e. The predicted molar refractivity (Wildman–Crippen MR) is 80.4 cm³/mol. The lowest BCUT2D eigenvalue weighted by atomic mass is 9.97. The van der Waals surface area contributed by atoms with Gasteiger partial charge in [0.15, 0.2) is 0 Å². The van der Waals surface area contributed by atoms with Crippen molar-refractivity contribution >= 4 is 11.6 Å². The third-order valence-corrected chi connectivity index (χ3v) is 4.45. The number of hydrogen-bond donors (Lipinski definition) is 2. The van der Waals surface area contributed by atoms with E-state index < -0.39 is 0 Å². The molecule has 2 atom stereocenters. The van der Waals surface area contributed by atoms with Crippen LogP contribution < -0.4 is 10.6 Å². The predicted octanol–water partition coefficient (Wildman–Crippen LogP) is 1.33. The van der Waals surface area contributed by atoms with Crippen molar-refractivity contribution in [3.8, 4) is 0 Å². The number of amides is 1. The van der Waals surface area contributed by atoms with Gasteiger partial charge in [-0.15, -0.1) is 0 Å². The van der Waals surface area contributed by atoms with Crippen LogP contribution in [0.1, 0.15) is 18.4 Å². The first kappa shape index (κ1) is 14.4. The van der Waals surface area contributed by atoms with Crippen LogP contribution in [0.2, 0.25) is 0 Å². The number of carbonyl (C=O) groups is 1. The number of anilines is 1. The second kappa shape index (κ2) is 6.03. The molecule has 0 bridgehead atoms. The molecule has 114 valence electrons. The molecular weight excluding hydrogens is 268 g/mol. The van der Waals surface area contributed by atoms with Gasteiger partial charge in [-0.05, 0) is 24.5 Å². The molecule has 1 saturated heterocycles. The van der Waals surface area contributed by atoms with Gasteiger partial charge in [0.1, 0.15) is 11.6 Å². The summed E-state index contributed by atoms with van der Waals surface area (Å²) in [5, 5.41) is 6.33. The molecule has 21 heavy (non-hydrogen) atoms. The topological polar surface area (TPSA) is 59.6 Å². The first-order valence-electron chi connectivity index (χ1n) is 7.47. The normalized spacial score (nSPS) is 27.8. The van der Waals surface area contributed by atoms with Gasteiger partial charge in [0.25, 0.3) is 0 Å². The number of methoxy groups -OCH3 is 1. The van der Waals surface area contributed by atoms with Crippen LogP contribution in [0.25, 0.3) is 0 Å². The second-order valence-corrected chi connectivity index (χ2v) is 5.80. The number of benzene rings is 1. The van der Waals surface area contributed by atoms with E-state index >= 15 is 0 Å². The molecule has 0 aliphatic carbocycles. The minimum absolute atomic E-state index is 0.0350. The summed E-state index contributed by atoms with van der Waals surface area (Å²) in [6.07, 6.45) is 2.57. The largest absolute Gasteiger partial charge is 0.378 e. The Bertz CT molecular complexity index is 512. The van der Waals surface area contributed by atoms with Crippen molar-refractivity contribution in [3.63, 3.8) is 0 Å². The number of rotatable bonds is 4. The monoisotopic (exact) mass is 290 g/mol. The summed E-state index contributed by atoms with van der Waals surface area (Å²) in [6.45, 7) is 1.74. The highest BCUT2D eigenvalue weighted by Crippen LogP contribution is 2.25. The molecule has 1 fully saturated rings. The Kier molecular flexibility index (Phi) is 4.12. The van der Waals surface area contributed by atoms with Crippen LogP contribution in [-0.2, 0) is 20.7 Å². The van der Waals surface area contributed by atoms with Crippen LogP contribution in [0.4, 0.5) is 5.69 Å². The van der Waals surface area contributed by atoms with Gasteiger partial charge >= 0.3 is 0 Å². The Balaban J connectivity index is 1.57. The highest BCUT2D eigenvalue weighted by atomic mass is 16.5. The Hall–Kier alpha value is -1.59. The lowest BCUT2D eigenvalue weighted by molar-refractivity contribution is -0.123. The number of ether oxygens (including phenoxy) is 2. The molecule has 2 unspecified atom stereocenters. The fraction of sp³-hybridized carbons (Fsp3) is 0.562. The first-order chi connectivity index (χ1) is 10.2. The molecule has 3 rings (SSSR count). The molecular formula is C16H22N2O3. The Morgan fingerprint density at radius 1 is 1.52 bits per heavy atom. The lowest BCUT2D eigenvalue weighted by Crippen LogP contribution is -2.49. The van der Waals surface area contributed by atoms with Gasteiger partial charge in [-0.1, -0.05) is 18.2 Å². The maximum atomic E-state index is 12.4. The van der Waals surface area contributed by atoms with E-state index in [1.54, 1.807) is 7.11 Å². The molecule has 1 aromatic carbocycles. The van der Waals surface area contributed by atoms with Gasteiger partial charge in [-0.2, -0.15) is 0 Å². The quantitative estimate of drug-likeness (QED) is 0.878. The van der Waals surface area contributed by atoms with Crippen molar-refractivity contribution < 1.29 is 14.3 Å². The Morgan fingerprint density at radius 3 is 3.14 bits per heavy atom. The van der Waals surface area contributed by atoms with Gasteiger partial charge in [0.2, 0.25) is 5.91 Å². The van der Waals surface area contributed by atoms with E-state index in [-0.39, 0.29) is 17.6 Å². The molecule has 0 radical (unpaired) electrons. The average molecular weight is 290 g/mol. The lowest BCUT2D eigenvalue weighted by Gasteiger charge is -2.29. The van der Waals surface area contributed by atoms with E-state index in [0.717, 1.165) is 24.9 Å². The fourth-order valence-electron chi connectivity index (χ4n) is 2.97. The summed E-state index contributed by atoms with van der Waals surface area (Å²) in [5.41, 5.74) is 1.98. The molecule has 0 aromatic heterocycles. The Morgan fingerprint density at radius 2 is 2.38 bits per heavy atom. The minimum atomic E-state index is -0.359. The number of para-hydroxylation sites is 1. The number of fused-ring (bicyclic) bond motifs is 1. The van der Waals surface area contributed by atoms with Gasteiger partial charge in [-0.25, -0.2) is 0 Å². The first-order valence-corrected chi connectivity index (χ1v) is 7.47. The van der Waals surface area contributed by atoms with Crippen LogP contribution >= 0.6 is 0 Å². The third kappa shape index (κ3) is 3.04. The molecule has 2 aliphatic heterocycles. The summed E-state index contributed by atoms with van der Waals surface area (Å²) < 4.78 is 10.9. The number of aryl methyl sites for hydroxylation is 1. The van der Waals surface area contributed by atoms with Gasteiger partial charge in [0, 0.05) is 32.4 Å². The van der Waals surface area contributed by atoms with Crippen LogP contribution in [0, 0.1) is 0 Å². The molecule has 5 heteroatoms. The number of carbonyl (C=O) groups excluding carboxylic acids is 1. The molecule has 1 aromatic rings. The van der Waals surface area contributed by atoms with Crippen molar-refractivity contribution in [2.75, 3.05) is 32.2 Å². The highest BCUT2D eigenvalue weighted by molar-refractivity contribution is 5.85. The molecule has 2 heterocycles. The SMILES string of the molecule is COC1(CNC(=O)C2CCc3ccccc3N2)CCOC1. The van der Waals surface area contributed by atoms with Crippen molar-refractivity contribution in [1.82, 2.24) is 5.32 Å². The molecule has 2 aliphatic rings. The van der Waals surface area contributed by atoms with Gasteiger partial charge in [-0.3, -0.25) is 4.79 Å². The Labute approximate surface area is 125 Å². The van der Waals surface area contributed by atoms with E-state index in [0.29, 0.717) is 19.8 Å². The second-order valence-electron chi connectivity index (χ2n) is 5.80. The zero-order valence-electron chi connectivity index (χ0n) is 12.4. The third-order valence-electron chi connectivity index (χ3n) is 4.45. The van der Waals surface area contributed by atoms with E-state index in [4.69, 9.17) is 9.47 Å². The van der Waals surface area contributed by atoms with Gasteiger partial charge in [0.05, 0.1) is 6.61 Å².